The van der Waals surface area contributed by atoms with Crippen molar-refractivity contribution in [2.75, 3.05) is 18.4 Å². The van der Waals surface area contributed by atoms with E-state index in [1.807, 2.05) is 25.1 Å². The van der Waals surface area contributed by atoms with Gasteiger partial charge in [-0.1, -0.05) is 31.7 Å². The Labute approximate surface area is 194 Å². The molecule has 0 radical (unpaired) electrons. The molecular weight excluding hydrogens is 418 g/mol. The predicted octanol–water partition coefficient (Wildman–Crippen LogP) is 4.69. The molecule has 1 aliphatic heterocycles. The van der Waals surface area contributed by atoms with Crippen LogP contribution in [0.2, 0.25) is 0 Å². The molecule has 4 rings (SSSR count). The molecule has 2 unspecified atom stereocenters. The van der Waals surface area contributed by atoms with Gasteiger partial charge in [0.1, 0.15) is 5.69 Å². The van der Waals surface area contributed by atoms with Gasteiger partial charge in [0, 0.05) is 43.0 Å². The summed E-state index contributed by atoms with van der Waals surface area (Å²) in [6.07, 6.45) is 10.4. The van der Waals surface area contributed by atoms with Crippen molar-refractivity contribution in [2.45, 2.75) is 70.0 Å². The van der Waals surface area contributed by atoms with Crippen molar-refractivity contribution in [1.29, 1.82) is 0 Å². The third-order valence-electron chi connectivity index (χ3n) is 6.86. The second kappa shape index (κ2) is 10.7. The van der Waals surface area contributed by atoms with E-state index in [9.17, 15) is 14.9 Å². The molecule has 2 heterocycles. The number of hydrogen-bond acceptors (Lipinski definition) is 6. The number of nitrogens with zero attached hydrogens (tertiary/aromatic N) is 3. The number of nitro groups is 1. The van der Waals surface area contributed by atoms with Crippen LogP contribution in [0.25, 0.3) is 0 Å². The van der Waals surface area contributed by atoms with E-state index in [1.165, 1.54) is 44.6 Å². The van der Waals surface area contributed by atoms with Crippen LogP contribution in [0.15, 0.2) is 42.6 Å². The summed E-state index contributed by atoms with van der Waals surface area (Å²) in [5.74, 6) is -0.254. The Morgan fingerprint density at radius 1 is 1.15 bits per heavy atom. The normalized spacial score (nSPS) is 20.7. The van der Waals surface area contributed by atoms with E-state index in [1.54, 1.807) is 18.3 Å². The molecule has 2 atom stereocenters. The first-order valence-corrected chi connectivity index (χ1v) is 12.0. The molecule has 1 saturated carbocycles. The van der Waals surface area contributed by atoms with Crippen LogP contribution in [0.3, 0.4) is 0 Å². The van der Waals surface area contributed by atoms with Crippen LogP contribution in [0.4, 0.5) is 11.4 Å². The highest BCUT2D eigenvalue weighted by atomic mass is 16.6. The van der Waals surface area contributed by atoms with Gasteiger partial charge in [-0.2, -0.15) is 0 Å². The third kappa shape index (κ3) is 5.87. The Balaban J connectivity index is 1.39. The van der Waals surface area contributed by atoms with Crippen molar-refractivity contribution in [3.63, 3.8) is 0 Å². The Kier molecular flexibility index (Phi) is 7.54. The van der Waals surface area contributed by atoms with Gasteiger partial charge in [0.05, 0.1) is 16.7 Å². The number of carbonyl (C=O) groups excluding carboxylic acids is 1. The monoisotopic (exact) mass is 451 g/mol. The van der Waals surface area contributed by atoms with E-state index in [0.29, 0.717) is 17.3 Å². The molecule has 1 aromatic heterocycles. The number of pyridine rings is 1. The number of anilines is 1. The van der Waals surface area contributed by atoms with Crippen LogP contribution in [0, 0.1) is 10.1 Å². The summed E-state index contributed by atoms with van der Waals surface area (Å²) in [6.45, 7) is 3.76. The molecule has 1 saturated heterocycles. The molecule has 2 N–H and O–H groups in total. The molecule has 0 spiro atoms. The predicted molar refractivity (Wildman–Crippen MR) is 128 cm³/mol. The number of rotatable bonds is 7. The second-order valence-corrected chi connectivity index (χ2v) is 9.21. The Morgan fingerprint density at radius 2 is 1.94 bits per heavy atom. The summed E-state index contributed by atoms with van der Waals surface area (Å²) in [4.78, 5) is 31.0. The molecule has 1 amide bonds. The van der Waals surface area contributed by atoms with E-state index in [-0.39, 0.29) is 23.7 Å². The lowest BCUT2D eigenvalue weighted by atomic mass is 10.1. The summed E-state index contributed by atoms with van der Waals surface area (Å²) in [6, 6.07) is 10.7. The minimum Gasteiger partial charge on any atom is -0.371 e. The summed E-state index contributed by atoms with van der Waals surface area (Å²) < 4.78 is 0. The zero-order valence-corrected chi connectivity index (χ0v) is 19.2. The Hall–Kier alpha value is -3.00. The minimum atomic E-state index is -0.451. The molecule has 33 heavy (non-hydrogen) atoms. The Morgan fingerprint density at radius 3 is 2.64 bits per heavy atom. The first-order chi connectivity index (χ1) is 16.0. The molecule has 2 aromatic rings. The topological polar surface area (TPSA) is 100 Å². The van der Waals surface area contributed by atoms with Crippen LogP contribution < -0.4 is 10.6 Å². The van der Waals surface area contributed by atoms with Crippen molar-refractivity contribution < 1.29 is 9.72 Å². The van der Waals surface area contributed by atoms with Gasteiger partial charge in [-0.05, 0) is 50.5 Å². The van der Waals surface area contributed by atoms with E-state index in [4.69, 9.17) is 0 Å². The SMILES string of the molecule is CC(Nc1ccc(C(=O)NC2CCN(C3CCCCCC3)C2)cc1[N+](=O)[O-])c1ccccn1. The van der Waals surface area contributed by atoms with Crippen molar-refractivity contribution >= 4 is 17.3 Å². The highest BCUT2D eigenvalue weighted by Gasteiger charge is 2.30. The highest BCUT2D eigenvalue weighted by molar-refractivity contribution is 5.96. The van der Waals surface area contributed by atoms with E-state index < -0.39 is 4.92 Å². The number of carbonyl (C=O) groups is 1. The van der Waals surface area contributed by atoms with Gasteiger partial charge in [-0.3, -0.25) is 24.8 Å². The maximum absolute atomic E-state index is 12.9. The van der Waals surface area contributed by atoms with Crippen LogP contribution in [0.1, 0.15) is 74.0 Å². The molecule has 8 heteroatoms. The van der Waals surface area contributed by atoms with E-state index in [2.05, 4.69) is 20.5 Å². The van der Waals surface area contributed by atoms with E-state index in [0.717, 1.165) is 25.2 Å². The first-order valence-electron chi connectivity index (χ1n) is 12.0. The zero-order chi connectivity index (χ0) is 23.2. The van der Waals surface area contributed by atoms with Gasteiger partial charge in [0.2, 0.25) is 0 Å². The van der Waals surface area contributed by atoms with Gasteiger partial charge in [0.25, 0.3) is 11.6 Å². The van der Waals surface area contributed by atoms with Crippen LogP contribution in [0.5, 0.6) is 0 Å². The number of likely N-dealkylation sites (tertiary alicyclic amines) is 1. The van der Waals surface area contributed by atoms with Crippen LogP contribution in [-0.2, 0) is 0 Å². The fraction of sp³-hybridized carbons (Fsp3) is 0.520. The number of nitro benzene ring substituents is 1. The van der Waals surface area contributed by atoms with Gasteiger partial charge < -0.3 is 10.6 Å². The average Bonchev–Trinajstić information content (AvgIpc) is 3.11. The summed E-state index contributed by atoms with van der Waals surface area (Å²) in [5, 5.41) is 18.0. The molecule has 1 aliphatic carbocycles. The fourth-order valence-electron chi connectivity index (χ4n) is 5.01. The largest absolute Gasteiger partial charge is 0.371 e. The lowest BCUT2D eigenvalue weighted by molar-refractivity contribution is -0.384. The highest BCUT2D eigenvalue weighted by Crippen LogP contribution is 2.29. The molecular formula is C25H33N5O3. The molecule has 2 fully saturated rings. The smallest absolute Gasteiger partial charge is 0.293 e. The standard InChI is InChI=1S/C25H33N5O3/c1-18(22-10-6-7-14-26-22)27-23-12-11-19(16-24(23)30(32)33)25(31)28-20-13-15-29(17-20)21-8-4-2-3-5-9-21/h6-7,10-12,14,16,18,20-21,27H,2-5,8-9,13,15,17H2,1H3,(H,28,31). The number of benzene rings is 1. The number of hydrogen-bond donors (Lipinski definition) is 2. The molecule has 8 nitrogen and oxygen atoms in total. The average molecular weight is 452 g/mol. The fourth-order valence-corrected chi connectivity index (χ4v) is 5.01. The quantitative estimate of drug-likeness (QED) is 0.360. The van der Waals surface area contributed by atoms with Crippen LogP contribution in [-0.4, -0.2) is 45.9 Å². The number of nitrogens with one attached hydrogen (secondary N) is 2. The maximum atomic E-state index is 12.9. The number of aromatic nitrogens is 1. The summed E-state index contributed by atoms with van der Waals surface area (Å²) in [7, 11) is 0. The van der Waals surface area contributed by atoms with Crippen molar-refractivity contribution in [1.82, 2.24) is 15.2 Å². The van der Waals surface area contributed by atoms with E-state index >= 15 is 0 Å². The second-order valence-electron chi connectivity index (χ2n) is 9.21. The minimum absolute atomic E-state index is 0.0850. The van der Waals surface area contributed by atoms with Gasteiger partial charge >= 0.3 is 0 Å². The lowest BCUT2D eigenvalue weighted by Gasteiger charge is -2.26. The summed E-state index contributed by atoms with van der Waals surface area (Å²) in [5.41, 5.74) is 1.35. The van der Waals surface area contributed by atoms with Crippen molar-refractivity contribution in [3.8, 4) is 0 Å². The van der Waals surface area contributed by atoms with Crippen LogP contribution >= 0.6 is 0 Å². The zero-order valence-electron chi connectivity index (χ0n) is 19.2. The van der Waals surface area contributed by atoms with Crippen molar-refractivity contribution in [2.24, 2.45) is 0 Å². The first kappa shape index (κ1) is 23.2. The lowest BCUT2D eigenvalue weighted by Crippen LogP contribution is -2.39. The third-order valence-corrected chi connectivity index (χ3v) is 6.86. The van der Waals surface area contributed by atoms with Crippen molar-refractivity contribution in [3.05, 3.63) is 64.0 Å². The molecule has 2 aliphatic rings. The Bertz CT molecular complexity index is 960. The molecule has 0 bridgehead atoms. The van der Waals surface area contributed by atoms with Gasteiger partial charge in [-0.25, -0.2) is 0 Å². The summed E-state index contributed by atoms with van der Waals surface area (Å²) >= 11 is 0. The van der Waals surface area contributed by atoms with Gasteiger partial charge in [0.15, 0.2) is 0 Å². The van der Waals surface area contributed by atoms with Gasteiger partial charge in [-0.15, -0.1) is 0 Å². The number of amides is 1. The maximum Gasteiger partial charge on any atom is 0.293 e. The molecule has 1 aromatic carbocycles. The molecule has 176 valence electrons.